The maximum Gasteiger partial charge on any atom is 0.253 e. The average Bonchev–Trinajstić information content (AvgIpc) is 2.72. The zero-order chi connectivity index (χ0) is 9.80. The van der Waals surface area contributed by atoms with Crippen LogP contribution in [-0.4, -0.2) is 23.6 Å². The van der Waals surface area contributed by atoms with Crippen LogP contribution in [0.2, 0.25) is 0 Å². The van der Waals surface area contributed by atoms with Gasteiger partial charge in [-0.2, -0.15) is 0 Å². The molecule has 0 radical (unpaired) electrons. The SMILES string of the molecule is O=C(Nc1ccncc1)C1CCCO1. The quantitative estimate of drug-likeness (QED) is 0.766. The summed E-state index contributed by atoms with van der Waals surface area (Å²) in [6.07, 6.45) is 4.80. The molecule has 4 nitrogen and oxygen atoms in total. The van der Waals surface area contributed by atoms with E-state index in [1.165, 1.54) is 0 Å². The van der Waals surface area contributed by atoms with E-state index >= 15 is 0 Å². The number of ether oxygens (including phenoxy) is 1. The molecule has 74 valence electrons. The molecule has 4 heteroatoms. The van der Waals surface area contributed by atoms with E-state index < -0.39 is 0 Å². The third kappa shape index (κ3) is 2.09. The first kappa shape index (κ1) is 9.15. The summed E-state index contributed by atoms with van der Waals surface area (Å²) in [6.45, 7) is 0.689. The Morgan fingerprint density at radius 3 is 2.93 bits per heavy atom. The molecule has 1 aromatic heterocycles. The van der Waals surface area contributed by atoms with Gasteiger partial charge in [0, 0.05) is 24.7 Å². The van der Waals surface area contributed by atoms with Crippen LogP contribution in [-0.2, 0) is 9.53 Å². The fraction of sp³-hybridized carbons (Fsp3) is 0.400. The predicted molar refractivity (Wildman–Crippen MR) is 51.8 cm³/mol. The second-order valence-electron chi connectivity index (χ2n) is 3.23. The fourth-order valence-electron chi connectivity index (χ4n) is 1.44. The topological polar surface area (TPSA) is 51.2 Å². The molecule has 14 heavy (non-hydrogen) atoms. The molecule has 1 fully saturated rings. The van der Waals surface area contributed by atoms with E-state index in [4.69, 9.17) is 4.74 Å². The Hall–Kier alpha value is -1.42. The van der Waals surface area contributed by atoms with E-state index in [9.17, 15) is 4.79 Å². The smallest absolute Gasteiger partial charge is 0.253 e. The number of rotatable bonds is 2. The maximum atomic E-state index is 11.6. The molecule has 0 saturated carbocycles. The third-order valence-corrected chi connectivity index (χ3v) is 2.17. The van der Waals surface area contributed by atoms with Crippen LogP contribution in [0, 0.1) is 0 Å². The minimum absolute atomic E-state index is 0.0614. The molecule has 1 atom stereocenters. The molecule has 0 spiro atoms. The number of hydrogen-bond acceptors (Lipinski definition) is 3. The number of anilines is 1. The van der Waals surface area contributed by atoms with Gasteiger partial charge in [0.1, 0.15) is 6.10 Å². The monoisotopic (exact) mass is 192 g/mol. The summed E-state index contributed by atoms with van der Waals surface area (Å²) < 4.78 is 5.26. The number of carbonyl (C=O) groups excluding carboxylic acids is 1. The van der Waals surface area contributed by atoms with Gasteiger partial charge in [0.15, 0.2) is 0 Å². The summed E-state index contributed by atoms with van der Waals surface area (Å²) in [5.74, 6) is -0.0614. The third-order valence-electron chi connectivity index (χ3n) is 2.17. The van der Waals surface area contributed by atoms with E-state index in [2.05, 4.69) is 10.3 Å². The molecule has 0 bridgehead atoms. The summed E-state index contributed by atoms with van der Waals surface area (Å²) in [5, 5.41) is 2.78. The van der Waals surface area contributed by atoms with Crippen molar-refractivity contribution in [2.45, 2.75) is 18.9 Å². The van der Waals surface area contributed by atoms with E-state index in [-0.39, 0.29) is 12.0 Å². The highest BCUT2D eigenvalue weighted by molar-refractivity contribution is 5.94. The van der Waals surface area contributed by atoms with Gasteiger partial charge in [-0.3, -0.25) is 9.78 Å². The number of hydrogen-bond donors (Lipinski definition) is 1. The lowest BCUT2D eigenvalue weighted by Crippen LogP contribution is -2.26. The predicted octanol–water partition coefficient (Wildman–Crippen LogP) is 1.20. The highest BCUT2D eigenvalue weighted by atomic mass is 16.5. The van der Waals surface area contributed by atoms with Crippen LogP contribution < -0.4 is 5.32 Å². The van der Waals surface area contributed by atoms with Crippen molar-refractivity contribution in [2.24, 2.45) is 0 Å². The first-order valence-corrected chi connectivity index (χ1v) is 4.69. The minimum atomic E-state index is -0.275. The van der Waals surface area contributed by atoms with Gasteiger partial charge in [-0.25, -0.2) is 0 Å². The van der Waals surface area contributed by atoms with Gasteiger partial charge in [0.2, 0.25) is 0 Å². The van der Waals surface area contributed by atoms with Crippen LogP contribution in [0.25, 0.3) is 0 Å². The van der Waals surface area contributed by atoms with Crippen LogP contribution in [0.4, 0.5) is 5.69 Å². The second-order valence-corrected chi connectivity index (χ2v) is 3.23. The van der Waals surface area contributed by atoms with Gasteiger partial charge < -0.3 is 10.1 Å². The zero-order valence-corrected chi connectivity index (χ0v) is 7.77. The van der Waals surface area contributed by atoms with Crippen LogP contribution in [0.5, 0.6) is 0 Å². The summed E-state index contributed by atoms with van der Waals surface area (Å²) in [4.78, 5) is 15.4. The van der Waals surface area contributed by atoms with Crippen LogP contribution in [0.1, 0.15) is 12.8 Å². The lowest BCUT2D eigenvalue weighted by Gasteiger charge is -2.09. The number of nitrogens with zero attached hydrogens (tertiary/aromatic N) is 1. The molecule has 1 N–H and O–H groups in total. The largest absolute Gasteiger partial charge is 0.368 e. The number of amides is 1. The molecule has 2 heterocycles. The average molecular weight is 192 g/mol. The standard InChI is InChI=1S/C10H12N2O2/c13-10(9-2-1-7-14-9)12-8-3-5-11-6-4-8/h3-6,9H,1-2,7H2,(H,11,12,13). The molecule has 2 rings (SSSR count). The Kier molecular flexibility index (Phi) is 2.74. The molecule has 1 saturated heterocycles. The lowest BCUT2D eigenvalue weighted by molar-refractivity contribution is -0.124. The van der Waals surface area contributed by atoms with Gasteiger partial charge in [-0.05, 0) is 25.0 Å². The van der Waals surface area contributed by atoms with E-state index in [0.717, 1.165) is 18.5 Å². The molecular weight excluding hydrogens is 180 g/mol. The molecule has 0 aromatic carbocycles. The molecular formula is C10H12N2O2. The Morgan fingerprint density at radius 2 is 2.29 bits per heavy atom. The van der Waals surface area contributed by atoms with Crippen molar-refractivity contribution in [1.82, 2.24) is 4.98 Å². The summed E-state index contributed by atoms with van der Waals surface area (Å²) in [7, 11) is 0. The van der Waals surface area contributed by atoms with Crippen LogP contribution >= 0.6 is 0 Å². The molecule has 1 amide bonds. The maximum absolute atomic E-state index is 11.6. The van der Waals surface area contributed by atoms with Crippen molar-refractivity contribution in [3.63, 3.8) is 0 Å². The number of nitrogens with one attached hydrogen (secondary N) is 1. The highest BCUT2D eigenvalue weighted by Gasteiger charge is 2.23. The molecule has 1 aliphatic rings. The van der Waals surface area contributed by atoms with Crippen molar-refractivity contribution in [3.05, 3.63) is 24.5 Å². The Morgan fingerprint density at radius 1 is 1.50 bits per heavy atom. The van der Waals surface area contributed by atoms with Gasteiger partial charge >= 0.3 is 0 Å². The fourth-order valence-corrected chi connectivity index (χ4v) is 1.44. The van der Waals surface area contributed by atoms with E-state index in [1.807, 2.05) is 0 Å². The Bertz CT molecular complexity index is 307. The van der Waals surface area contributed by atoms with Crippen molar-refractivity contribution >= 4 is 11.6 Å². The van der Waals surface area contributed by atoms with Gasteiger partial charge in [0.05, 0.1) is 0 Å². The van der Waals surface area contributed by atoms with Gasteiger partial charge in [0.25, 0.3) is 5.91 Å². The number of carbonyl (C=O) groups is 1. The minimum Gasteiger partial charge on any atom is -0.368 e. The van der Waals surface area contributed by atoms with Crippen molar-refractivity contribution in [3.8, 4) is 0 Å². The second kappa shape index (κ2) is 4.19. The summed E-state index contributed by atoms with van der Waals surface area (Å²) in [5.41, 5.74) is 0.764. The van der Waals surface area contributed by atoms with Gasteiger partial charge in [-0.1, -0.05) is 0 Å². The lowest BCUT2D eigenvalue weighted by atomic mass is 10.2. The first-order chi connectivity index (χ1) is 6.86. The molecule has 1 unspecified atom stereocenters. The van der Waals surface area contributed by atoms with Crippen molar-refractivity contribution in [2.75, 3.05) is 11.9 Å². The van der Waals surface area contributed by atoms with Crippen LogP contribution in [0.3, 0.4) is 0 Å². The van der Waals surface area contributed by atoms with E-state index in [1.54, 1.807) is 24.5 Å². The zero-order valence-electron chi connectivity index (χ0n) is 7.77. The van der Waals surface area contributed by atoms with Crippen molar-refractivity contribution in [1.29, 1.82) is 0 Å². The summed E-state index contributed by atoms with van der Waals surface area (Å²) >= 11 is 0. The Labute approximate surface area is 82.3 Å². The number of pyridine rings is 1. The normalized spacial score (nSPS) is 20.7. The molecule has 1 aliphatic heterocycles. The molecule has 1 aromatic rings. The van der Waals surface area contributed by atoms with Crippen LogP contribution in [0.15, 0.2) is 24.5 Å². The first-order valence-electron chi connectivity index (χ1n) is 4.69. The number of aromatic nitrogens is 1. The summed E-state index contributed by atoms with van der Waals surface area (Å²) in [6, 6.07) is 3.51. The van der Waals surface area contributed by atoms with Crippen molar-refractivity contribution < 1.29 is 9.53 Å². The molecule has 0 aliphatic carbocycles. The van der Waals surface area contributed by atoms with Gasteiger partial charge in [-0.15, -0.1) is 0 Å². The Balaban J connectivity index is 1.94. The highest BCUT2D eigenvalue weighted by Crippen LogP contribution is 2.14. The van der Waals surface area contributed by atoms with E-state index in [0.29, 0.717) is 6.61 Å².